The molecule has 0 unspecified atom stereocenters. The number of aromatic amines is 1. The molecule has 3 nitrogen and oxygen atoms in total. The average molecular weight is 297 g/mol. The van der Waals surface area contributed by atoms with Crippen LogP contribution in [0.2, 0.25) is 5.02 Å². The molecule has 1 aromatic heterocycles. The quantitative estimate of drug-likeness (QED) is 0.706. The summed E-state index contributed by atoms with van der Waals surface area (Å²) in [6.45, 7) is 0. The molecule has 21 heavy (non-hydrogen) atoms. The molecule has 0 aliphatic carbocycles. The van der Waals surface area contributed by atoms with E-state index < -0.39 is 5.91 Å². The number of fused-ring (bicyclic) bond motifs is 1. The van der Waals surface area contributed by atoms with Crippen molar-refractivity contribution in [3.63, 3.8) is 0 Å². The Morgan fingerprint density at radius 3 is 2.52 bits per heavy atom. The van der Waals surface area contributed by atoms with E-state index in [1.54, 1.807) is 6.08 Å². The standard InChI is InChI=1S/C17H13ClN2O/c18-12-7-5-11(6-8-12)17-14(9-10-16(19)21)13-3-1-2-4-15(13)20-17/h1-10,20H,(H2,19,21)/b10-9+. The van der Waals surface area contributed by atoms with E-state index in [9.17, 15) is 4.79 Å². The van der Waals surface area contributed by atoms with Crippen LogP contribution in [0.1, 0.15) is 5.56 Å². The zero-order valence-electron chi connectivity index (χ0n) is 11.1. The van der Waals surface area contributed by atoms with Gasteiger partial charge in [-0.1, -0.05) is 41.9 Å². The number of aromatic nitrogens is 1. The van der Waals surface area contributed by atoms with Crippen molar-refractivity contribution in [1.82, 2.24) is 4.98 Å². The summed E-state index contributed by atoms with van der Waals surface area (Å²) in [5.74, 6) is -0.470. The van der Waals surface area contributed by atoms with Crippen LogP contribution < -0.4 is 5.73 Å². The first-order valence-corrected chi connectivity index (χ1v) is 6.87. The number of H-pyrrole nitrogens is 1. The number of nitrogens with two attached hydrogens (primary N) is 1. The van der Waals surface area contributed by atoms with Crippen LogP contribution in [0.25, 0.3) is 28.2 Å². The minimum atomic E-state index is -0.470. The van der Waals surface area contributed by atoms with Crippen molar-refractivity contribution in [3.8, 4) is 11.3 Å². The first kappa shape index (κ1) is 13.5. The van der Waals surface area contributed by atoms with Crippen LogP contribution in [0.3, 0.4) is 0 Å². The summed E-state index contributed by atoms with van der Waals surface area (Å²) in [5, 5.41) is 1.73. The third-order valence-electron chi connectivity index (χ3n) is 3.29. The van der Waals surface area contributed by atoms with E-state index in [2.05, 4.69) is 4.98 Å². The Morgan fingerprint density at radius 2 is 1.81 bits per heavy atom. The Hall–Kier alpha value is -2.52. The molecule has 0 fully saturated rings. The van der Waals surface area contributed by atoms with E-state index in [1.807, 2.05) is 48.5 Å². The molecule has 3 aromatic rings. The van der Waals surface area contributed by atoms with Crippen molar-refractivity contribution in [2.75, 3.05) is 0 Å². The molecule has 2 aromatic carbocycles. The molecule has 104 valence electrons. The Labute approximate surface area is 127 Å². The van der Waals surface area contributed by atoms with Crippen LogP contribution >= 0.6 is 11.6 Å². The van der Waals surface area contributed by atoms with Crippen LogP contribution in [0.5, 0.6) is 0 Å². The summed E-state index contributed by atoms with van der Waals surface area (Å²) in [6, 6.07) is 15.5. The maximum atomic E-state index is 11.0. The van der Waals surface area contributed by atoms with Crippen molar-refractivity contribution in [2.24, 2.45) is 5.73 Å². The normalized spacial score (nSPS) is 11.3. The number of carbonyl (C=O) groups is 1. The number of halogens is 1. The Kier molecular flexibility index (Phi) is 3.50. The molecule has 0 saturated heterocycles. The number of primary amides is 1. The molecule has 0 atom stereocenters. The number of rotatable bonds is 3. The smallest absolute Gasteiger partial charge is 0.241 e. The fourth-order valence-electron chi connectivity index (χ4n) is 2.35. The predicted octanol–water partition coefficient (Wildman–Crippen LogP) is 3.99. The third-order valence-corrected chi connectivity index (χ3v) is 3.55. The Balaban J connectivity index is 2.23. The maximum absolute atomic E-state index is 11.0. The predicted molar refractivity (Wildman–Crippen MR) is 87.0 cm³/mol. The summed E-state index contributed by atoms with van der Waals surface area (Å²) in [6.07, 6.45) is 3.11. The van der Waals surface area contributed by atoms with E-state index in [1.165, 1.54) is 6.08 Å². The van der Waals surface area contributed by atoms with E-state index in [0.717, 1.165) is 27.7 Å². The third kappa shape index (κ3) is 2.69. The Bertz CT molecular complexity index is 832. The van der Waals surface area contributed by atoms with Crippen LogP contribution in [-0.4, -0.2) is 10.9 Å². The lowest BCUT2D eigenvalue weighted by atomic mass is 10.0. The molecule has 0 radical (unpaired) electrons. The van der Waals surface area contributed by atoms with Crippen LogP contribution in [0.15, 0.2) is 54.6 Å². The van der Waals surface area contributed by atoms with Gasteiger partial charge in [0.25, 0.3) is 0 Å². The second-order valence-corrected chi connectivity index (χ2v) is 5.14. The number of nitrogens with one attached hydrogen (secondary N) is 1. The minimum absolute atomic E-state index is 0.470. The highest BCUT2D eigenvalue weighted by Crippen LogP contribution is 2.31. The van der Waals surface area contributed by atoms with Gasteiger partial charge in [0.2, 0.25) is 5.91 Å². The van der Waals surface area contributed by atoms with Gasteiger partial charge in [-0.3, -0.25) is 4.79 Å². The molecule has 0 aliphatic heterocycles. The van der Waals surface area contributed by atoms with Gasteiger partial charge in [0.1, 0.15) is 0 Å². The molecule has 3 rings (SSSR count). The topological polar surface area (TPSA) is 58.9 Å². The fraction of sp³-hybridized carbons (Fsp3) is 0. The van der Waals surface area contributed by atoms with Crippen molar-refractivity contribution < 1.29 is 4.79 Å². The summed E-state index contributed by atoms with van der Waals surface area (Å²) >= 11 is 5.93. The molecule has 4 heteroatoms. The molecule has 1 amide bonds. The summed E-state index contributed by atoms with van der Waals surface area (Å²) < 4.78 is 0. The van der Waals surface area contributed by atoms with E-state index in [4.69, 9.17) is 17.3 Å². The second-order valence-electron chi connectivity index (χ2n) is 4.70. The fourth-order valence-corrected chi connectivity index (χ4v) is 2.47. The summed E-state index contributed by atoms with van der Waals surface area (Å²) in [4.78, 5) is 14.4. The van der Waals surface area contributed by atoms with Crippen molar-refractivity contribution in [3.05, 3.63) is 65.2 Å². The van der Waals surface area contributed by atoms with Gasteiger partial charge in [-0.25, -0.2) is 0 Å². The number of carbonyl (C=O) groups excluding carboxylic acids is 1. The molecule has 0 bridgehead atoms. The van der Waals surface area contributed by atoms with Crippen LogP contribution in [0.4, 0.5) is 0 Å². The van der Waals surface area contributed by atoms with Gasteiger partial charge >= 0.3 is 0 Å². The molecule has 0 saturated carbocycles. The van der Waals surface area contributed by atoms with E-state index in [-0.39, 0.29) is 0 Å². The summed E-state index contributed by atoms with van der Waals surface area (Å²) in [5.41, 5.74) is 9.09. The lowest BCUT2D eigenvalue weighted by molar-refractivity contribution is -0.113. The van der Waals surface area contributed by atoms with Gasteiger partial charge < -0.3 is 10.7 Å². The highest BCUT2D eigenvalue weighted by Gasteiger charge is 2.10. The minimum Gasteiger partial charge on any atom is -0.366 e. The molecule has 3 N–H and O–H groups in total. The maximum Gasteiger partial charge on any atom is 0.241 e. The number of benzene rings is 2. The highest BCUT2D eigenvalue weighted by molar-refractivity contribution is 6.30. The van der Waals surface area contributed by atoms with Gasteiger partial charge in [0.15, 0.2) is 0 Å². The Morgan fingerprint density at radius 1 is 1.10 bits per heavy atom. The number of hydrogen-bond acceptors (Lipinski definition) is 1. The van der Waals surface area contributed by atoms with Crippen molar-refractivity contribution >= 4 is 34.5 Å². The first-order chi connectivity index (χ1) is 10.1. The second kappa shape index (κ2) is 5.46. The number of para-hydroxylation sites is 1. The van der Waals surface area contributed by atoms with Gasteiger partial charge in [-0.15, -0.1) is 0 Å². The van der Waals surface area contributed by atoms with Crippen LogP contribution in [0, 0.1) is 0 Å². The van der Waals surface area contributed by atoms with E-state index in [0.29, 0.717) is 5.02 Å². The zero-order chi connectivity index (χ0) is 14.8. The highest BCUT2D eigenvalue weighted by atomic mass is 35.5. The van der Waals surface area contributed by atoms with Crippen molar-refractivity contribution in [1.29, 1.82) is 0 Å². The molecular weight excluding hydrogens is 284 g/mol. The first-order valence-electron chi connectivity index (χ1n) is 6.49. The van der Waals surface area contributed by atoms with Gasteiger partial charge in [-0.05, 0) is 29.8 Å². The molecule has 0 spiro atoms. The van der Waals surface area contributed by atoms with Crippen molar-refractivity contribution in [2.45, 2.75) is 0 Å². The summed E-state index contributed by atoms with van der Waals surface area (Å²) in [7, 11) is 0. The lowest BCUT2D eigenvalue weighted by Crippen LogP contribution is -2.05. The van der Waals surface area contributed by atoms with Gasteiger partial charge in [0.05, 0.1) is 5.69 Å². The van der Waals surface area contributed by atoms with Gasteiger partial charge in [-0.2, -0.15) is 0 Å². The largest absolute Gasteiger partial charge is 0.366 e. The number of hydrogen-bond donors (Lipinski definition) is 2. The van der Waals surface area contributed by atoms with Crippen LogP contribution in [-0.2, 0) is 4.79 Å². The monoisotopic (exact) mass is 296 g/mol. The van der Waals surface area contributed by atoms with Gasteiger partial charge in [0, 0.05) is 27.6 Å². The number of amides is 1. The average Bonchev–Trinajstić information content (AvgIpc) is 2.84. The zero-order valence-corrected chi connectivity index (χ0v) is 11.9. The SMILES string of the molecule is NC(=O)/C=C/c1c(-c2ccc(Cl)cc2)[nH]c2ccccc12. The molecule has 1 heterocycles. The van der Waals surface area contributed by atoms with E-state index >= 15 is 0 Å². The lowest BCUT2D eigenvalue weighted by Gasteiger charge is -2.01. The molecular formula is C17H13ClN2O. The molecule has 0 aliphatic rings.